The Labute approximate surface area is 143 Å². The summed E-state index contributed by atoms with van der Waals surface area (Å²) >= 11 is 1.63. The molecule has 0 radical (unpaired) electrons. The number of nitrogens with zero attached hydrogens (tertiary/aromatic N) is 1. The number of rotatable bonds is 5. The van der Waals surface area contributed by atoms with Gasteiger partial charge in [0.2, 0.25) is 6.79 Å². The number of thiophene rings is 1. The van der Waals surface area contributed by atoms with Gasteiger partial charge in [0, 0.05) is 13.1 Å². The molecule has 0 spiro atoms. The molecule has 4 rings (SSSR count). The third-order valence-electron chi connectivity index (χ3n) is 3.96. The van der Waals surface area contributed by atoms with Crippen molar-refractivity contribution in [1.82, 2.24) is 9.88 Å². The molecule has 0 saturated heterocycles. The van der Waals surface area contributed by atoms with Crippen LogP contribution in [0.4, 0.5) is 0 Å². The maximum absolute atomic E-state index is 12.6. The van der Waals surface area contributed by atoms with E-state index >= 15 is 0 Å². The van der Waals surface area contributed by atoms with Gasteiger partial charge >= 0.3 is 0 Å². The summed E-state index contributed by atoms with van der Waals surface area (Å²) in [6.45, 7) is 5.06. The number of hydrogen-bond acceptors (Lipinski definition) is 4. The third-order valence-corrected chi connectivity index (χ3v) is 4.81. The zero-order valence-electron chi connectivity index (χ0n) is 13.0. The van der Waals surface area contributed by atoms with Gasteiger partial charge in [-0.1, -0.05) is 12.1 Å². The van der Waals surface area contributed by atoms with E-state index in [-0.39, 0.29) is 12.7 Å². The second-order valence-electron chi connectivity index (χ2n) is 5.47. The van der Waals surface area contributed by atoms with E-state index in [1.54, 1.807) is 17.4 Å². The Hall–Kier alpha value is -2.73. The Balaban J connectivity index is 1.53. The lowest BCUT2D eigenvalue weighted by molar-refractivity contribution is 0.0942. The van der Waals surface area contributed by atoms with Crippen LogP contribution >= 0.6 is 11.3 Å². The highest BCUT2D eigenvalue weighted by molar-refractivity contribution is 7.17. The Morgan fingerprint density at radius 3 is 3.04 bits per heavy atom. The van der Waals surface area contributed by atoms with E-state index in [2.05, 4.69) is 11.9 Å². The molecule has 3 heterocycles. The number of fused-ring (bicyclic) bond motifs is 2. The molecule has 0 aliphatic carbocycles. The van der Waals surface area contributed by atoms with Crippen LogP contribution in [0.1, 0.15) is 16.1 Å². The molecular formula is C18H16N2O3S. The summed E-state index contributed by atoms with van der Waals surface area (Å²) in [5.41, 5.74) is 2.68. The van der Waals surface area contributed by atoms with Crippen molar-refractivity contribution in [2.45, 2.75) is 13.1 Å². The number of aromatic nitrogens is 1. The lowest BCUT2D eigenvalue weighted by Gasteiger charge is -2.09. The first kappa shape index (κ1) is 14.8. The molecule has 122 valence electrons. The van der Waals surface area contributed by atoms with Crippen molar-refractivity contribution in [2.75, 3.05) is 6.79 Å². The van der Waals surface area contributed by atoms with Crippen molar-refractivity contribution in [1.29, 1.82) is 0 Å². The van der Waals surface area contributed by atoms with Gasteiger partial charge in [-0.15, -0.1) is 17.9 Å². The molecule has 1 aromatic carbocycles. The van der Waals surface area contributed by atoms with Crippen LogP contribution in [0.3, 0.4) is 0 Å². The van der Waals surface area contributed by atoms with Crippen molar-refractivity contribution >= 4 is 27.5 Å². The van der Waals surface area contributed by atoms with Gasteiger partial charge in [0.05, 0.1) is 10.2 Å². The van der Waals surface area contributed by atoms with E-state index in [1.165, 1.54) is 0 Å². The minimum Gasteiger partial charge on any atom is -0.454 e. The van der Waals surface area contributed by atoms with Crippen LogP contribution in [0.2, 0.25) is 0 Å². The van der Waals surface area contributed by atoms with E-state index in [0.29, 0.717) is 18.8 Å². The molecule has 3 aromatic rings. The van der Waals surface area contributed by atoms with Crippen molar-refractivity contribution in [3.05, 3.63) is 59.6 Å². The van der Waals surface area contributed by atoms with Gasteiger partial charge in [0.15, 0.2) is 11.5 Å². The molecule has 0 bridgehead atoms. The number of benzene rings is 1. The summed E-state index contributed by atoms with van der Waals surface area (Å²) in [7, 11) is 0. The predicted molar refractivity (Wildman–Crippen MR) is 93.7 cm³/mol. The van der Waals surface area contributed by atoms with Crippen LogP contribution in [0.25, 0.3) is 10.2 Å². The average Bonchev–Trinajstić information content (AvgIpc) is 3.29. The molecule has 0 unspecified atom stereocenters. The second kappa shape index (κ2) is 6.05. The van der Waals surface area contributed by atoms with Crippen LogP contribution in [-0.4, -0.2) is 17.3 Å². The highest BCUT2D eigenvalue weighted by atomic mass is 32.1. The number of hydrogen-bond donors (Lipinski definition) is 1. The van der Waals surface area contributed by atoms with Crippen molar-refractivity contribution in [3.63, 3.8) is 0 Å². The fraction of sp³-hybridized carbons (Fsp3) is 0.167. The molecule has 1 N–H and O–H groups in total. The predicted octanol–water partition coefficient (Wildman–Crippen LogP) is 3.55. The fourth-order valence-electron chi connectivity index (χ4n) is 2.81. The molecule has 1 amide bonds. The molecule has 6 heteroatoms. The first-order chi connectivity index (χ1) is 11.8. The van der Waals surface area contributed by atoms with E-state index in [0.717, 1.165) is 27.3 Å². The Morgan fingerprint density at radius 1 is 1.29 bits per heavy atom. The van der Waals surface area contributed by atoms with Crippen LogP contribution < -0.4 is 14.8 Å². The normalized spacial score (nSPS) is 12.5. The summed E-state index contributed by atoms with van der Waals surface area (Å²) in [5.74, 6) is 1.36. The number of amides is 1. The van der Waals surface area contributed by atoms with E-state index in [1.807, 2.05) is 40.3 Å². The molecule has 24 heavy (non-hydrogen) atoms. The summed E-state index contributed by atoms with van der Waals surface area (Å²) < 4.78 is 13.7. The standard InChI is InChI=1S/C18H16N2O3S/c1-2-6-20-13-5-7-24-17(13)9-14(20)18(21)19-10-12-3-4-15-16(8-12)23-11-22-15/h2-5,7-9H,1,6,10-11H2,(H,19,21). The summed E-state index contributed by atoms with van der Waals surface area (Å²) in [5, 5.41) is 5.00. The van der Waals surface area contributed by atoms with Crippen molar-refractivity contribution < 1.29 is 14.3 Å². The third kappa shape index (κ3) is 2.55. The molecular weight excluding hydrogens is 324 g/mol. The quantitative estimate of drug-likeness (QED) is 0.723. The van der Waals surface area contributed by atoms with Gasteiger partial charge in [-0.3, -0.25) is 4.79 Å². The molecule has 0 fully saturated rings. The first-order valence-corrected chi connectivity index (χ1v) is 8.48. The van der Waals surface area contributed by atoms with Crippen molar-refractivity contribution in [3.8, 4) is 11.5 Å². The highest BCUT2D eigenvalue weighted by Crippen LogP contribution is 2.32. The van der Waals surface area contributed by atoms with Crippen LogP contribution in [0.5, 0.6) is 11.5 Å². The number of carbonyl (C=O) groups excluding carboxylic acids is 1. The molecule has 1 aliphatic heterocycles. The molecule has 0 saturated carbocycles. The van der Waals surface area contributed by atoms with Crippen LogP contribution in [0, 0.1) is 0 Å². The Kier molecular flexibility index (Phi) is 3.74. The minimum absolute atomic E-state index is 0.0992. The number of nitrogens with one attached hydrogen (secondary N) is 1. The Bertz CT molecular complexity index is 926. The number of allylic oxidation sites excluding steroid dienone is 1. The van der Waals surface area contributed by atoms with E-state index in [4.69, 9.17) is 9.47 Å². The second-order valence-corrected chi connectivity index (χ2v) is 6.42. The van der Waals surface area contributed by atoms with Gasteiger partial charge in [-0.25, -0.2) is 0 Å². The largest absolute Gasteiger partial charge is 0.454 e. The van der Waals surface area contributed by atoms with Gasteiger partial charge in [0.25, 0.3) is 5.91 Å². The summed E-state index contributed by atoms with van der Waals surface area (Å²) in [4.78, 5) is 12.6. The van der Waals surface area contributed by atoms with Gasteiger partial charge in [-0.05, 0) is 35.2 Å². The average molecular weight is 340 g/mol. The molecule has 1 aliphatic rings. The van der Waals surface area contributed by atoms with Crippen LogP contribution in [0.15, 0.2) is 48.4 Å². The first-order valence-electron chi connectivity index (χ1n) is 7.60. The number of ether oxygens (including phenoxy) is 2. The topological polar surface area (TPSA) is 52.5 Å². The van der Waals surface area contributed by atoms with Crippen LogP contribution in [-0.2, 0) is 13.1 Å². The van der Waals surface area contributed by atoms with Gasteiger partial charge < -0.3 is 19.4 Å². The maximum atomic E-state index is 12.6. The lowest BCUT2D eigenvalue weighted by atomic mass is 10.2. The molecule has 5 nitrogen and oxygen atoms in total. The SMILES string of the molecule is C=CCn1c(C(=O)NCc2ccc3c(c2)OCO3)cc2sccc21. The van der Waals surface area contributed by atoms with E-state index in [9.17, 15) is 4.79 Å². The van der Waals surface area contributed by atoms with Gasteiger partial charge in [0.1, 0.15) is 5.69 Å². The zero-order chi connectivity index (χ0) is 16.5. The smallest absolute Gasteiger partial charge is 0.268 e. The Morgan fingerprint density at radius 2 is 2.17 bits per heavy atom. The fourth-order valence-corrected chi connectivity index (χ4v) is 3.64. The van der Waals surface area contributed by atoms with E-state index < -0.39 is 0 Å². The highest BCUT2D eigenvalue weighted by Gasteiger charge is 2.17. The lowest BCUT2D eigenvalue weighted by Crippen LogP contribution is -2.25. The maximum Gasteiger partial charge on any atom is 0.268 e. The van der Waals surface area contributed by atoms with Crippen molar-refractivity contribution in [2.24, 2.45) is 0 Å². The minimum atomic E-state index is -0.0992. The molecule has 2 aromatic heterocycles. The summed E-state index contributed by atoms with van der Waals surface area (Å²) in [6.07, 6.45) is 1.80. The molecule has 0 atom stereocenters. The monoisotopic (exact) mass is 340 g/mol. The number of carbonyl (C=O) groups is 1. The summed E-state index contributed by atoms with van der Waals surface area (Å²) in [6, 6.07) is 9.63. The zero-order valence-corrected chi connectivity index (χ0v) is 13.8. The van der Waals surface area contributed by atoms with Gasteiger partial charge in [-0.2, -0.15) is 0 Å².